The van der Waals surface area contributed by atoms with Gasteiger partial charge in [-0.15, -0.1) is 0 Å². The van der Waals surface area contributed by atoms with Crippen molar-refractivity contribution >= 4 is 11.8 Å². The van der Waals surface area contributed by atoms with Gasteiger partial charge in [0.1, 0.15) is 17.1 Å². The van der Waals surface area contributed by atoms with Crippen molar-refractivity contribution in [1.82, 2.24) is 15.6 Å². The summed E-state index contributed by atoms with van der Waals surface area (Å²) in [6.45, 7) is 4.00. The SMILES string of the molecule is CCc1cccc(C(=O)NC2CCC(NC(=O)c3cc(F)cnc3Oc3ccc(F)c(F)c3)CC2)c1C. The summed E-state index contributed by atoms with van der Waals surface area (Å²) in [6.07, 6.45) is 4.30. The van der Waals surface area contributed by atoms with E-state index in [0.717, 1.165) is 41.9 Å². The van der Waals surface area contributed by atoms with Gasteiger partial charge >= 0.3 is 0 Å². The molecule has 9 heteroatoms. The first-order chi connectivity index (χ1) is 17.7. The highest BCUT2D eigenvalue weighted by Crippen LogP contribution is 2.26. The number of nitrogens with zero attached hydrogens (tertiary/aromatic N) is 1. The van der Waals surface area contributed by atoms with Crippen molar-refractivity contribution in [3.8, 4) is 11.6 Å². The molecule has 1 aromatic heterocycles. The van der Waals surface area contributed by atoms with Crippen molar-refractivity contribution in [3.05, 3.63) is 88.4 Å². The maximum atomic E-state index is 13.9. The molecule has 0 saturated heterocycles. The number of ether oxygens (including phenoxy) is 1. The van der Waals surface area contributed by atoms with E-state index in [2.05, 4.69) is 22.5 Å². The zero-order valence-corrected chi connectivity index (χ0v) is 20.6. The van der Waals surface area contributed by atoms with Crippen LogP contribution in [0.2, 0.25) is 0 Å². The van der Waals surface area contributed by atoms with E-state index in [1.54, 1.807) is 0 Å². The third-order valence-electron chi connectivity index (χ3n) is 6.64. The van der Waals surface area contributed by atoms with Crippen LogP contribution in [0.1, 0.15) is 64.4 Å². The smallest absolute Gasteiger partial charge is 0.257 e. The molecule has 1 heterocycles. The zero-order chi connectivity index (χ0) is 26.5. The van der Waals surface area contributed by atoms with Gasteiger partial charge in [0.15, 0.2) is 11.6 Å². The van der Waals surface area contributed by atoms with Crippen molar-refractivity contribution in [1.29, 1.82) is 0 Å². The van der Waals surface area contributed by atoms with Crippen molar-refractivity contribution in [2.75, 3.05) is 0 Å². The van der Waals surface area contributed by atoms with Crippen LogP contribution in [0.3, 0.4) is 0 Å². The van der Waals surface area contributed by atoms with Crippen molar-refractivity contribution in [2.24, 2.45) is 0 Å². The minimum Gasteiger partial charge on any atom is -0.438 e. The Balaban J connectivity index is 1.36. The number of hydrogen-bond acceptors (Lipinski definition) is 4. The minimum absolute atomic E-state index is 0.0200. The lowest BCUT2D eigenvalue weighted by Gasteiger charge is -2.30. The number of halogens is 3. The maximum Gasteiger partial charge on any atom is 0.257 e. The highest BCUT2D eigenvalue weighted by Gasteiger charge is 2.26. The van der Waals surface area contributed by atoms with Crippen LogP contribution in [0.15, 0.2) is 48.7 Å². The lowest BCUT2D eigenvalue weighted by atomic mass is 9.90. The van der Waals surface area contributed by atoms with Gasteiger partial charge in [-0.2, -0.15) is 0 Å². The van der Waals surface area contributed by atoms with Crippen LogP contribution < -0.4 is 15.4 Å². The van der Waals surface area contributed by atoms with Gasteiger partial charge in [0.05, 0.1) is 6.20 Å². The molecule has 2 aromatic carbocycles. The lowest BCUT2D eigenvalue weighted by molar-refractivity contribution is 0.0889. The van der Waals surface area contributed by atoms with Gasteiger partial charge in [-0.3, -0.25) is 9.59 Å². The molecule has 0 spiro atoms. The number of benzene rings is 2. The Morgan fingerprint density at radius 1 is 0.919 bits per heavy atom. The number of amides is 2. The van der Waals surface area contributed by atoms with Crippen LogP contribution in [0, 0.1) is 24.4 Å². The summed E-state index contributed by atoms with van der Waals surface area (Å²) in [5.41, 5.74) is 2.63. The summed E-state index contributed by atoms with van der Waals surface area (Å²) in [5, 5.41) is 5.96. The van der Waals surface area contributed by atoms with Gasteiger partial charge in [0.25, 0.3) is 11.8 Å². The zero-order valence-electron chi connectivity index (χ0n) is 20.6. The van der Waals surface area contributed by atoms with Crippen LogP contribution in [0.5, 0.6) is 11.6 Å². The molecule has 2 amide bonds. The predicted octanol–water partition coefficient (Wildman–Crippen LogP) is 5.63. The van der Waals surface area contributed by atoms with Gasteiger partial charge in [0, 0.05) is 23.7 Å². The summed E-state index contributed by atoms with van der Waals surface area (Å²) in [5.74, 6) is -3.92. The number of aryl methyl sites for hydroxylation is 1. The number of aromatic nitrogens is 1. The lowest BCUT2D eigenvalue weighted by Crippen LogP contribution is -2.44. The molecule has 194 valence electrons. The average Bonchev–Trinajstić information content (AvgIpc) is 2.88. The third-order valence-corrected chi connectivity index (χ3v) is 6.64. The van der Waals surface area contributed by atoms with Crippen LogP contribution in [-0.4, -0.2) is 28.9 Å². The monoisotopic (exact) mass is 511 g/mol. The third kappa shape index (κ3) is 6.28. The first kappa shape index (κ1) is 26.2. The Labute approximate surface area is 213 Å². The van der Waals surface area contributed by atoms with Gasteiger partial charge in [-0.05, 0) is 74.4 Å². The molecule has 1 fully saturated rings. The molecule has 3 aromatic rings. The van der Waals surface area contributed by atoms with Crippen LogP contribution in [0.25, 0.3) is 0 Å². The first-order valence-electron chi connectivity index (χ1n) is 12.2. The molecule has 0 atom stereocenters. The Morgan fingerprint density at radius 3 is 2.19 bits per heavy atom. The highest BCUT2D eigenvalue weighted by molar-refractivity contribution is 5.97. The van der Waals surface area contributed by atoms with Crippen molar-refractivity contribution in [2.45, 2.75) is 58.0 Å². The fourth-order valence-electron chi connectivity index (χ4n) is 4.54. The molecule has 0 radical (unpaired) electrons. The van der Waals surface area contributed by atoms with Gasteiger partial charge in [-0.1, -0.05) is 19.1 Å². The van der Waals surface area contributed by atoms with E-state index in [9.17, 15) is 22.8 Å². The standard InChI is InChI=1S/C28H28F3N3O3/c1-3-17-5-4-6-22(16(17)2)26(35)33-19-7-9-20(10-8-19)34-27(36)23-13-18(29)15-32-28(23)37-21-11-12-24(30)25(31)14-21/h4-6,11-15,19-20H,3,7-10H2,1-2H3,(H,33,35)(H,34,36). The van der Waals surface area contributed by atoms with E-state index in [1.807, 2.05) is 25.1 Å². The first-order valence-corrected chi connectivity index (χ1v) is 12.2. The quantitative estimate of drug-likeness (QED) is 0.431. The van der Waals surface area contributed by atoms with E-state index >= 15 is 0 Å². The molecule has 2 N–H and O–H groups in total. The Kier molecular flexibility index (Phi) is 8.11. The molecular weight excluding hydrogens is 483 g/mol. The molecule has 37 heavy (non-hydrogen) atoms. The number of carbonyl (C=O) groups is 2. The molecular formula is C28H28F3N3O3. The second-order valence-corrected chi connectivity index (χ2v) is 9.12. The summed E-state index contributed by atoms with van der Waals surface area (Å²) in [7, 11) is 0. The van der Waals surface area contributed by atoms with Gasteiger partial charge in [0.2, 0.25) is 5.88 Å². The van der Waals surface area contributed by atoms with E-state index in [4.69, 9.17) is 4.74 Å². The van der Waals surface area contributed by atoms with Gasteiger partial charge < -0.3 is 15.4 Å². The number of pyridine rings is 1. The van der Waals surface area contributed by atoms with E-state index in [1.165, 1.54) is 6.07 Å². The van der Waals surface area contributed by atoms with E-state index in [0.29, 0.717) is 31.2 Å². The molecule has 0 bridgehead atoms. The fourth-order valence-corrected chi connectivity index (χ4v) is 4.54. The summed E-state index contributed by atoms with van der Waals surface area (Å²) in [4.78, 5) is 29.6. The molecule has 6 nitrogen and oxygen atoms in total. The molecule has 0 aliphatic heterocycles. The molecule has 1 saturated carbocycles. The number of nitrogens with one attached hydrogen (secondary N) is 2. The number of rotatable bonds is 7. The van der Waals surface area contributed by atoms with Crippen LogP contribution in [-0.2, 0) is 6.42 Å². The number of carbonyl (C=O) groups excluding carboxylic acids is 2. The van der Waals surface area contributed by atoms with Crippen LogP contribution in [0.4, 0.5) is 13.2 Å². The molecule has 4 rings (SSSR count). The summed E-state index contributed by atoms with van der Waals surface area (Å²) in [6, 6.07) is 9.38. The largest absolute Gasteiger partial charge is 0.438 e. The predicted molar refractivity (Wildman–Crippen MR) is 132 cm³/mol. The molecule has 1 aliphatic carbocycles. The molecule has 0 unspecified atom stereocenters. The van der Waals surface area contributed by atoms with E-state index < -0.39 is 23.4 Å². The maximum absolute atomic E-state index is 13.9. The Hall–Kier alpha value is -3.88. The van der Waals surface area contributed by atoms with Crippen molar-refractivity contribution < 1.29 is 27.5 Å². The van der Waals surface area contributed by atoms with Crippen LogP contribution >= 0.6 is 0 Å². The number of hydrogen-bond donors (Lipinski definition) is 2. The second kappa shape index (κ2) is 11.5. The van der Waals surface area contributed by atoms with E-state index in [-0.39, 0.29) is 35.2 Å². The normalized spacial score (nSPS) is 17.2. The second-order valence-electron chi connectivity index (χ2n) is 9.12. The fraction of sp³-hybridized carbons (Fsp3) is 0.321. The minimum atomic E-state index is -1.12. The Bertz CT molecular complexity index is 1310. The van der Waals surface area contributed by atoms with Crippen molar-refractivity contribution in [3.63, 3.8) is 0 Å². The highest BCUT2D eigenvalue weighted by atomic mass is 19.2. The Morgan fingerprint density at radius 2 is 1.57 bits per heavy atom. The summed E-state index contributed by atoms with van der Waals surface area (Å²) < 4.78 is 46.1. The summed E-state index contributed by atoms with van der Waals surface area (Å²) >= 11 is 0. The average molecular weight is 512 g/mol. The van der Waals surface area contributed by atoms with Gasteiger partial charge in [-0.25, -0.2) is 18.2 Å². The molecule has 1 aliphatic rings. The topological polar surface area (TPSA) is 80.3 Å².